The number of ketones is 1. The summed E-state index contributed by atoms with van der Waals surface area (Å²) in [5, 5.41) is 2.90. The van der Waals surface area contributed by atoms with Gasteiger partial charge in [0.15, 0.2) is 5.78 Å². The molecule has 0 spiro atoms. The van der Waals surface area contributed by atoms with Crippen molar-refractivity contribution in [3.63, 3.8) is 0 Å². The standard InChI is InChI=1S/C24H25F3N2O3/c1-16-2-4-17(5-3-16)21(30)10-11-22(31)28-20-12-14-29(15-13-20)23(32)18-6-8-19(9-7-18)24(25,26)27/h2-9,20H,10-15H2,1H3,(H,28,31). The molecule has 2 aromatic carbocycles. The van der Waals surface area contributed by atoms with Crippen LogP contribution in [0, 0.1) is 6.92 Å². The molecule has 0 atom stereocenters. The summed E-state index contributed by atoms with van der Waals surface area (Å²) < 4.78 is 38.0. The fourth-order valence-electron chi connectivity index (χ4n) is 3.62. The van der Waals surface area contributed by atoms with Gasteiger partial charge < -0.3 is 10.2 Å². The molecule has 1 saturated heterocycles. The second kappa shape index (κ2) is 9.97. The van der Waals surface area contributed by atoms with Crippen LogP contribution in [0.4, 0.5) is 13.2 Å². The number of nitrogens with zero attached hydrogens (tertiary/aromatic N) is 1. The molecular formula is C24H25F3N2O3. The summed E-state index contributed by atoms with van der Waals surface area (Å²) in [6, 6.07) is 11.3. The van der Waals surface area contributed by atoms with E-state index in [1.807, 2.05) is 19.1 Å². The Balaban J connectivity index is 1.43. The van der Waals surface area contributed by atoms with Gasteiger partial charge in [-0.3, -0.25) is 14.4 Å². The van der Waals surface area contributed by atoms with Crippen LogP contribution in [-0.4, -0.2) is 41.6 Å². The summed E-state index contributed by atoms with van der Waals surface area (Å²) in [6.45, 7) is 2.73. The summed E-state index contributed by atoms with van der Waals surface area (Å²) in [6.07, 6.45) is -3.13. The number of halogens is 3. The molecule has 32 heavy (non-hydrogen) atoms. The number of piperidine rings is 1. The predicted octanol–water partition coefficient (Wildman–Crippen LogP) is 4.40. The lowest BCUT2D eigenvalue weighted by Crippen LogP contribution is -2.46. The van der Waals surface area contributed by atoms with Crippen LogP contribution in [0.3, 0.4) is 0 Å². The lowest BCUT2D eigenvalue weighted by molar-refractivity contribution is -0.137. The molecule has 2 aromatic rings. The monoisotopic (exact) mass is 446 g/mol. The second-order valence-electron chi connectivity index (χ2n) is 8.00. The molecule has 1 N–H and O–H groups in total. The first-order chi connectivity index (χ1) is 15.1. The Bertz CT molecular complexity index is 961. The van der Waals surface area contributed by atoms with Gasteiger partial charge in [-0.05, 0) is 44.0 Å². The second-order valence-corrected chi connectivity index (χ2v) is 8.00. The highest BCUT2D eigenvalue weighted by Crippen LogP contribution is 2.29. The molecule has 1 aliphatic rings. The molecule has 1 heterocycles. The van der Waals surface area contributed by atoms with Gasteiger partial charge in [0, 0.05) is 43.1 Å². The van der Waals surface area contributed by atoms with Crippen molar-refractivity contribution in [1.29, 1.82) is 0 Å². The first-order valence-corrected chi connectivity index (χ1v) is 10.5. The maximum Gasteiger partial charge on any atom is 0.416 e. The molecule has 1 aliphatic heterocycles. The lowest BCUT2D eigenvalue weighted by atomic mass is 10.0. The Labute approximate surface area is 184 Å². The minimum atomic E-state index is -4.44. The largest absolute Gasteiger partial charge is 0.416 e. The van der Waals surface area contributed by atoms with Gasteiger partial charge in [0.2, 0.25) is 5.91 Å². The lowest BCUT2D eigenvalue weighted by Gasteiger charge is -2.32. The fraction of sp³-hybridized carbons (Fsp3) is 0.375. The van der Waals surface area contributed by atoms with Gasteiger partial charge in [-0.2, -0.15) is 13.2 Å². The van der Waals surface area contributed by atoms with Crippen LogP contribution in [0.25, 0.3) is 0 Å². The minimum absolute atomic E-state index is 0.0860. The van der Waals surface area contributed by atoms with Crippen molar-refractivity contribution in [2.75, 3.05) is 13.1 Å². The SMILES string of the molecule is Cc1ccc(C(=O)CCC(=O)NC2CCN(C(=O)c3ccc(C(F)(F)F)cc3)CC2)cc1. The van der Waals surface area contributed by atoms with Crippen molar-refractivity contribution >= 4 is 17.6 Å². The van der Waals surface area contributed by atoms with E-state index < -0.39 is 11.7 Å². The summed E-state index contributed by atoms with van der Waals surface area (Å²) in [7, 11) is 0. The molecule has 0 saturated carbocycles. The summed E-state index contributed by atoms with van der Waals surface area (Å²) in [5.74, 6) is -0.623. The quantitative estimate of drug-likeness (QED) is 0.669. The van der Waals surface area contributed by atoms with Gasteiger partial charge in [-0.1, -0.05) is 29.8 Å². The van der Waals surface area contributed by atoms with E-state index in [4.69, 9.17) is 0 Å². The van der Waals surface area contributed by atoms with E-state index in [-0.39, 0.29) is 42.0 Å². The van der Waals surface area contributed by atoms with Crippen LogP contribution in [0.15, 0.2) is 48.5 Å². The number of aryl methyl sites for hydroxylation is 1. The van der Waals surface area contributed by atoms with Crippen molar-refractivity contribution in [3.8, 4) is 0 Å². The van der Waals surface area contributed by atoms with E-state index in [0.717, 1.165) is 17.7 Å². The number of hydrogen-bond acceptors (Lipinski definition) is 3. The third-order valence-electron chi connectivity index (χ3n) is 5.56. The molecule has 0 unspecified atom stereocenters. The Morgan fingerprint density at radius 2 is 1.47 bits per heavy atom. The zero-order chi connectivity index (χ0) is 23.3. The van der Waals surface area contributed by atoms with E-state index in [2.05, 4.69) is 5.32 Å². The Hall–Kier alpha value is -3.16. The minimum Gasteiger partial charge on any atom is -0.353 e. The van der Waals surface area contributed by atoms with E-state index in [9.17, 15) is 27.6 Å². The highest BCUT2D eigenvalue weighted by Gasteiger charge is 2.31. The smallest absolute Gasteiger partial charge is 0.353 e. The number of hydrogen-bond donors (Lipinski definition) is 1. The topological polar surface area (TPSA) is 66.5 Å². The first-order valence-electron chi connectivity index (χ1n) is 10.5. The van der Waals surface area contributed by atoms with E-state index >= 15 is 0 Å². The number of amides is 2. The number of rotatable bonds is 6. The van der Waals surface area contributed by atoms with Crippen LogP contribution in [0.5, 0.6) is 0 Å². The molecular weight excluding hydrogens is 421 g/mol. The Morgan fingerprint density at radius 3 is 2.03 bits per heavy atom. The number of benzene rings is 2. The van der Waals surface area contributed by atoms with Crippen molar-refractivity contribution < 1.29 is 27.6 Å². The van der Waals surface area contributed by atoms with Crippen LogP contribution in [0.1, 0.15) is 57.5 Å². The predicted molar refractivity (Wildman–Crippen MR) is 113 cm³/mol. The number of nitrogens with one attached hydrogen (secondary N) is 1. The summed E-state index contributed by atoms with van der Waals surface area (Å²) in [4.78, 5) is 38.5. The zero-order valence-electron chi connectivity index (χ0n) is 17.7. The molecule has 170 valence electrons. The van der Waals surface area contributed by atoms with Gasteiger partial charge in [0.05, 0.1) is 5.56 Å². The van der Waals surface area contributed by atoms with Crippen molar-refractivity contribution in [2.45, 2.75) is 44.8 Å². The Morgan fingerprint density at radius 1 is 0.906 bits per heavy atom. The van der Waals surface area contributed by atoms with Crippen molar-refractivity contribution in [1.82, 2.24) is 10.2 Å². The molecule has 5 nitrogen and oxygen atoms in total. The molecule has 0 aliphatic carbocycles. The van der Waals surface area contributed by atoms with Crippen LogP contribution in [-0.2, 0) is 11.0 Å². The van der Waals surface area contributed by atoms with Gasteiger partial charge in [0.25, 0.3) is 5.91 Å². The number of carbonyl (C=O) groups is 3. The summed E-state index contributed by atoms with van der Waals surface area (Å²) >= 11 is 0. The van der Waals surface area contributed by atoms with Gasteiger partial charge in [-0.25, -0.2) is 0 Å². The van der Waals surface area contributed by atoms with E-state index in [1.165, 1.54) is 12.1 Å². The van der Waals surface area contributed by atoms with E-state index in [0.29, 0.717) is 31.5 Å². The van der Waals surface area contributed by atoms with Crippen LogP contribution >= 0.6 is 0 Å². The molecule has 2 amide bonds. The molecule has 8 heteroatoms. The van der Waals surface area contributed by atoms with Crippen LogP contribution in [0.2, 0.25) is 0 Å². The van der Waals surface area contributed by atoms with Gasteiger partial charge in [-0.15, -0.1) is 0 Å². The molecule has 0 aromatic heterocycles. The molecule has 0 radical (unpaired) electrons. The molecule has 0 bridgehead atoms. The third-order valence-corrected chi connectivity index (χ3v) is 5.56. The number of carbonyl (C=O) groups excluding carboxylic acids is 3. The third kappa shape index (κ3) is 6.18. The fourth-order valence-corrected chi connectivity index (χ4v) is 3.62. The van der Waals surface area contributed by atoms with Gasteiger partial charge in [0.1, 0.15) is 0 Å². The number of alkyl halides is 3. The van der Waals surface area contributed by atoms with Crippen LogP contribution < -0.4 is 5.32 Å². The van der Waals surface area contributed by atoms with Crippen molar-refractivity contribution in [3.05, 3.63) is 70.8 Å². The molecule has 1 fully saturated rings. The number of Topliss-reactive ketones (excluding diaryl/α,β-unsaturated/α-hetero) is 1. The average Bonchev–Trinajstić information content (AvgIpc) is 2.77. The van der Waals surface area contributed by atoms with Gasteiger partial charge >= 0.3 is 6.18 Å². The average molecular weight is 446 g/mol. The normalized spacial score (nSPS) is 14.8. The molecule has 3 rings (SSSR count). The maximum absolute atomic E-state index is 12.7. The maximum atomic E-state index is 12.7. The summed E-state index contributed by atoms with van der Waals surface area (Å²) in [5.41, 5.74) is 1.05. The Kier molecular flexibility index (Phi) is 7.33. The number of likely N-dealkylation sites (tertiary alicyclic amines) is 1. The van der Waals surface area contributed by atoms with Crippen molar-refractivity contribution in [2.24, 2.45) is 0 Å². The highest BCUT2D eigenvalue weighted by atomic mass is 19.4. The zero-order valence-corrected chi connectivity index (χ0v) is 17.7. The highest BCUT2D eigenvalue weighted by molar-refractivity contribution is 5.98. The van der Waals surface area contributed by atoms with E-state index in [1.54, 1.807) is 17.0 Å². The first kappa shape index (κ1) is 23.5.